The molecule has 2 heterocycles. The molecule has 0 aliphatic heterocycles. The number of aromatic nitrogens is 1. The lowest BCUT2D eigenvalue weighted by Gasteiger charge is -2.20. The van der Waals surface area contributed by atoms with Gasteiger partial charge in [0.15, 0.2) is 10.8 Å². The minimum atomic E-state index is -0.351. The van der Waals surface area contributed by atoms with Crippen LogP contribution >= 0.6 is 22.7 Å². The van der Waals surface area contributed by atoms with E-state index >= 15 is 0 Å². The molecule has 0 atom stereocenters. The molecular weight excluding hydrogens is 292 g/mol. The summed E-state index contributed by atoms with van der Waals surface area (Å²) in [6, 6.07) is 2.70. The van der Waals surface area contributed by atoms with E-state index in [2.05, 4.69) is 26.7 Å². The van der Waals surface area contributed by atoms with Crippen molar-refractivity contribution in [3.05, 3.63) is 33.0 Å². The van der Waals surface area contributed by atoms with Crippen molar-refractivity contribution in [2.24, 2.45) is 0 Å². The van der Waals surface area contributed by atoms with Gasteiger partial charge in [-0.2, -0.15) is 11.3 Å². The Kier molecular flexibility index (Phi) is 3.76. The van der Waals surface area contributed by atoms with Gasteiger partial charge in [-0.25, -0.2) is 9.78 Å². The summed E-state index contributed by atoms with van der Waals surface area (Å²) in [6.45, 7) is 2.78. The summed E-state index contributed by atoms with van der Waals surface area (Å²) in [5.41, 5.74) is 1.75. The second kappa shape index (κ2) is 5.54. The number of rotatable bonds is 5. The first-order valence-corrected chi connectivity index (χ1v) is 8.28. The highest BCUT2D eigenvalue weighted by Crippen LogP contribution is 2.36. The molecule has 0 aromatic carbocycles. The minimum Gasteiger partial charge on any atom is -0.464 e. The third-order valence-electron chi connectivity index (χ3n) is 3.33. The second-order valence-electron chi connectivity index (χ2n) is 4.88. The van der Waals surface area contributed by atoms with Crippen LogP contribution in [0.2, 0.25) is 0 Å². The summed E-state index contributed by atoms with van der Waals surface area (Å²) in [5.74, 6) is -0.351. The van der Waals surface area contributed by atoms with Crippen LogP contribution in [0.4, 0.5) is 5.13 Å². The van der Waals surface area contributed by atoms with Gasteiger partial charge in [0.2, 0.25) is 0 Å². The van der Waals surface area contributed by atoms with Gasteiger partial charge in [0.25, 0.3) is 0 Å². The largest absolute Gasteiger partial charge is 0.464 e. The van der Waals surface area contributed by atoms with Crippen LogP contribution in [0.15, 0.2) is 16.8 Å². The van der Waals surface area contributed by atoms with Crippen LogP contribution in [0.25, 0.3) is 0 Å². The molecule has 6 heteroatoms. The SMILES string of the molecule is COC(=O)c1nc(N(Cc2ccsc2)C2CC2)sc1C. The zero-order valence-corrected chi connectivity index (χ0v) is 13.1. The van der Waals surface area contributed by atoms with Crippen LogP contribution in [0.3, 0.4) is 0 Å². The predicted octanol–water partition coefficient (Wildman–Crippen LogP) is 3.47. The lowest BCUT2D eigenvalue weighted by molar-refractivity contribution is 0.0594. The Balaban J connectivity index is 1.86. The highest BCUT2D eigenvalue weighted by atomic mass is 32.1. The molecule has 0 amide bonds. The molecule has 1 aliphatic carbocycles. The van der Waals surface area contributed by atoms with Gasteiger partial charge in [-0.05, 0) is 42.2 Å². The maximum absolute atomic E-state index is 11.7. The molecule has 0 unspecified atom stereocenters. The van der Waals surface area contributed by atoms with Crippen LogP contribution in [0, 0.1) is 6.92 Å². The van der Waals surface area contributed by atoms with Crippen LogP contribution in [-0.4, -0.2) is 24.1 Å². The molecular formula is C14H16N2O2S2. The number of ether oxygens (including phenoxy) is 1. The lowest BCUT2D eigenvalue weighted by Crippen LogP contribution is -2.24. The summed E-state index contributed by atoms with van der Waals surface area (Å²) >= 11 is 3.28. The normalized spacial score (nSPS) is 14.3. The number of carbonyl (C=O) groups excluding carboxylic acids is 1. The fraction of sp³-hybridized carbons (Fsp3) is 0.429. The van der Waals surface area contributed by atoms with E-state index in [1.165, 1.54) is 25.5 Å². The average Bonchev–Trinajstić information content (AvgIpc) is 3.01. The molecule has 2 aromatic heterocycles. The number of aryl methyl sites for hydroxylation is 1. The maximum Gasteiger partial charge on any atom is 0.357 e. The first kappa shape index (κ1) is 13.6. The average molecular weight is 308 g/mol. The van der Waals surface area contributed by atoms with Crippen molar-refractivity contribution in [2.45, 2.75) is 32.4 Å². The Labute approximate surface area is 126 Å². The van der Waals surface area contributed by atoms with E-state index < -0.39 is 0 Å². The van der Waals surface area contributed by atoms with Crippen LogP contribution in [0.1, 0.15) is 33.8 Å². The third-order valence-corrected chi connectivity index (χ3v) is 5.07. The third kappa shape index (κ3) is 2.71. The van der Waals surface area contributed by atoms with Gasteiger partial charge in [0.1, 0.15) is 0 Å². The number of hydrogen-bond donors (Lipinski definition) is 0. The minimum absolute atomic E-state index is 0.351. The fourth-order valence-corrected chi connectivity index (χ4v) is 3.74. The quantitative estimate of drug-likeness (QED) is 0.793. The van der Waals surface area contributed by atoms with E-state index in [0.29, 0.717) is 11.7 Å². The summed E-state index contributed by atoms with van der Waals surface area (Å²) in [6.07, 6.45) is 2.41. The Hall–Kier alpha value is -1.40. The van der Waals surface area contributed by atoms with E-state index in [1.807, 2.05) is 6.92 Å². The monoisotopic (exact) mass is 308 g/mol. The Morgan fingerprint density at radius 3 is 2.95 bits per heavy atom. The van der Waals surface area contributed by atoms with Crippen LogP contribution in [0.5, 0.6) is 0 Å². The van der Waals surface area contributed by atoms with E-state index in [1.54, 1.807) is 22.7 Å². The van der Waals surface area contributed by atoms with Crippen molar-refractivity contribution < 1.29 is 9.53 Å². The molecule has 1 aliphatic rings. The molecule has 2 aromatic rings. The van der Waals surface area contributed by atoms with Crippen LogP contribution in [-0.2, 0) is 11.3 Å². The number of anilines is 1. The summed E-state index contributed by atoms with van der Waals surface area (Å²) in [7, 11) is 1.39. The second-order valence-corrected chi connectivity index (χ2v) is 6.85. The molecule has 0 saturated heterocycles. The number of methoxy groups -OCH3 is 1. The number of nitrogens with zero attached hydrogens (tertiary/aromatic N) is 2. The number of carbonyl (C=O) groups is 1. The summed E-state index contributed by atoms with van der Waals surface area (Å²) in [4.78, 5) is 19.4. The Bertz CT molecular complexity index is 603. The van der Waals surface area contributed by atoms with Crippen molar-refractivity contribution in [2.75, 3.05) is 12.0 Å². The first-order valence-electron chi connectivity index (χ1n) is 6.52. The number of esters is 1. The van der Waals surface area contributed by atoms with E-state index in [-0.39, 0.29) is 5.97 Å². The maximum atomic E-state index is 11.7. The predicted molar refractivity (Wildman–Crippen MR) is 81.7 cm³/mol. The Morgan fingerprint density at radius 2 is 2.35 bits per heavy atom. The first-order chi connectivity index (χ1) is 9.69. The highest BCUT2D eigenvalue weighted by molar-refractivity contribution is 7.15. The van der Waals surface area contributed by atoms with Gasteiger partial charge < -0.3 is 9.64 Å². The molecule has 0 N–H and O–H groups in total. The fourth-order valence-electron chi connectivity index (χ4n) is 2.11. The zero-order chi connectivity index (χ0) is 14.1. The molecule has 0 bridgehead atoms. The lowest BCUT2D eigenvalue weighted by atomic mass is 10.3. The van der Waals surface area contributed by atoms with Crippen molar-refractivity contribution in [1.82, 2.24) is 4.98 Å². The van der Waals surface area contributed by atoms with E-state index in [9.17, 15) is 4.79 Å². The number of thiophene rings is 1. The van der Waals surface area contributed by atoms with Gasteiger partial charge in [-0.3, -0.25) is 0 Å². The van der Waals surface area contributed by atoms with Crippen molar-refractivity contribution in [1.29, 1.82) is 0 Å². The van der Waals surface area contributed by atoms with Crippen molar-refractivity contribution >= 4 is 33.8 Å². The molecule has 1 saturated carbocycles. The number of hydrogen-bond acceptors (Lipinski definition) is 6. The van der Waals surface area contributed by atoms with Crippen LogP contribution < -0.4 is 4.90 Å². The van der Waals surface area contributed by atoms with Gasteiger partial charge in [0, 0.05) is 17.5 Å². The molecule has 1 fully saturated rings. The Morgan fingerprint density at radius 1 is 1.55 bits per heavy atom. The zero-order valence-electron chi connectivity index (χ0n) is 11.5. The van der Waals surface area contributed by atoms with E-state index in [4.69, 9.17) is 4.74 Å². The topological polar surface area (TPSA) is 42.4 Å². The smallest absolute Gasteiger partial charge is 0.357 e. The molecule has 0 spiro atoms. The van der Waals surface area contributed by atoms with Crippen molar-refractivity contribution in [3.8, 4) is 0 Å². The van der Waals surface area contributed by atoms with Crippen molar-refractivity contribution in [3.63, 3.8) is 0 Å². The van der Waals surface area contributed by atoms with E-state index in [0.717, 1.165) is 16.6 Å². The molecule has 3 rings (SSSR count). The van der Waals surface area contributed by atoms with Gasteiger partial charge in [-0.1, -0.05) is 0 Å². The molecule has 106 valence electrons. The standard InChI is InChI=1S/C14H16N2O2S2/c1-9-12(13(17)18-2)15-14(20-9)16(11-3-4-11)7-10-5-6-19-8-10/h5-6,8,11H,3-4,7H2,1-2H3. The molecule has 20 heavy (non-hydrogen) atoms. The van der Waals surface area contributed by atoms with Gasteiger partial charge >= 0.3 is 5.97 Å². The van der Waals surface area contributed by atoms with Gasteiger partial charge in [0.05, 0.1) is 7.11 Å². The molecule has 0 radical (unpaired) electrons. The summed E-state index contributed by atoms with van der Waals surface area (Å²) in [5, 5.41) is 5.18. The molecule has 4 nitrogen and oxygen atoms in total. The van der Waals surface area contributed by atoms with Gasteiger partial charge in [-0.15, -0.1) is 11.3 Å². The number of thiazole rings is 1. The summed E-state index contributed by atoms with van der Waals surface area (Å²) < 4.78 is 4.78. The highest BCUT2D eigenvalue weighted by Gasteiger charge is 2.32.